The molecule has 0 aliphatic heterocycles. The second-order valence-corrected chi connectivity index (χ2v) is 6.56. The summed E-state index contributed by atoms with van der Waals surface area (Å²) in [5.41, 5.74) is 8.62. The number of nitrogens with zero attached hydrogens (tertiary/aromatic N) is 1. The summed E-state index contributed by atoms with van der Waals surface area (Å²) in [4.78, 5) is 4.42. The van der Waals surface area contributed by atoms with Gasteiger partial charge in [0.25, 0.3) is 0 Å². The Bertz CT molecular complexity index is 643. The minimum atomic E-state index is 0. The molecule has 0 spiro atoms. The number of hydrogen-bond acceptors (Lipinski definition) is 1. The van der Waals surface area contributed by atoms with Crippen LogP contribution in [-0.2, 0) is 6.42 Å². The van der Waals surface area contributed by atoms with Crippen LogP contribution in [0.15, 0.2) is 64.1 Å². The summed E-state index contributed by atoms with van der Waals surface area (Å²) in [5, 5.41) is 3.32. The number of hydrogen-bond donors (Lipinski definition) is 2. The fraction of sp³-hybridized carbons (Fsp3) is 0.278. The molecule has 23 heavy (non-hydrogen) atoms. The number of nitrogens with one attached hydrogen (secondary N) is 1. The van der Waals surface area contributed by atoms with Gasteiger partial charge in [-0.25, -0.2) is 0 Å². The number of halogens is 2. The van der Waals surface area contributed by atoms with E-state index in [2.05, 4.69) is 62.6 Å². The van der Waals surface area contributed by atoms with Crippen LogP contribution < -0.4 is 11.1 Å². The minimum Gasteiger partial charge on any atom is -0.370 e. The molecular formula is C18H21BrIN3. The van der Waals surface area contributed by atoms with Gasteiger partial charge in [-0.1, -0.05) is 58.4 Å². The lowest BCUT2D eigenvalue weighted by molar-refractivity contribution is 0.842. The van der Waals surface area contributed by atoms with Gasteiger partial charge in [-0.3, -0.25) is 4.99 Å². The summed E-state index contributed by atoms with van der Waals surface area (Å²) in [6.07, 6.45) is 2.04. The van der Waals surface area contributed by atoms with Crippen LogP contribution in [0.2, 0.25) is 0 Å². The van der Waals surface area contributed by atoms with Gasteiger partial charge < -0.3 is 11.1 Å². The van der Waals surface area contributed by atoms with Gasteiger partial charge in [-0.2, -0.15) is 0 Å². The predicted octanol–water partition coefficient (Wildman–Crippen LogP) is 4.07. The first kappa shape index (κ1) is 18.3. The number of benzene rings is 2. The average Bonchev–Trinajstić information content (AvgIpc) is 3.28. The van der Waals surface area contributed by atoms with Crippen LogP contribution in [0.4, 0.5) is 0 Å². The average molecular weight is 486 g/mol. The van der Waals surface area contributed by atoms with E-state index < -0.39 is 0 Å². The lowest BCUT2D eigenvalue weighted by Gasteiger charge is -2.06. The molecule has 0 bridgehead atoms. The minimum absolute atomic E-state index is 0. The standard InChI is InChI=1S/C18H20BrN3.HI/c19-15-8-6-14(7-9-15)16-12-17(16)22-18(20)21-11-10-13-4-2-1-3-5-13;/h1-9,16-17H,10-12H2,(H3,20,21,22);1H. The maximum Gasteiger partial charge on any atom is 0.188 e. The second kappa shape index (κ2) is 8.68. The molecule has 0 amide bonds. The molecule has 3 rings (SSSR count). The lowest BCUT2D eigenvalue weighted by Crippen LogP contribution is -2.34. The van der Waals surface area contributed by atoms with Crippen molar-refractivity contribution in [1.82, 2.24) is 5.32 Å². The topological polar surface area (TPSA) is 50.4 Å². The lowest BCUT2D eigenvalue weighted by atomic mass is 10.1. The van der Waals surface area contributed by atoms with Gasteiger partial charge in [0.05, 0.1) is 0 Å². The molecule has 2 unspecified atom stereocenters. The molecule has 1 saturated carbocycles. The normalized spacial score (nSPS) is 19.8. The van der Waals surface area contributed by atoms with Gasteiger partial charge in [-0.05, 0) is 36.1 Å². The Kier molecular flexibility index (Phi) is 6.89. The molecule has 0 aromatic heterocycles. The van der Waals surface area contributed by atoms with E-state index in [-0.39, 0.29) is 24.0 Å². The molecule has 1 aliphatic carbocycles. The molecule has 5 heteroatoms. The summed E-state index contributed by atoms with van der Waals surface area (Å²) in [7, 11) is 0. The highest BCUT2D eigenvalue weighted by atomic mass is 127. The van der Waals surface area contributed by atoms with Crippen molar-refractivity contribution in [3.63, 3.8) is 0 Å². The Morgan fingerprint density at radius 3 is 2.52 bits per heavy atom. The Hall–Kier alpha value is -1.08. The molecule has 2 atom stereocenters. The summed E-state index contributed by atoms with van der Waals surface area (Å²) >= 11 is 3.46. The number of nitrogens with two attached hydrogens (primary N) is 1. The monoisotopic (exact) mass is 485 g/mol. The van der Waals surface area contributed by atoms with E-state index in [0.29, 0.717) is 17.9 Å². The van der Waals surface area contributed by atoms with Gasteiger partial charge >= 0.3 is 0 Å². The molecular weight excluding hydrogens is 465 g/mol. The smallest absolute Gasteiger partial charge is 0.188 e. The SMILES string of the molecule is I.NC(=NCCc1ccccc1)NC1CC1c1ccc(Br)cc1. The highest BCUT2D eigenvalue weighted by Gasteiger charge is 2.38. The molecule has 122 valence electrons. The van der Waals surface area contributed by atoms with Crippen molar-refractivity contribution < 1.29 is 0 Å². The Labute approximate surface area is 162 Å². The first-order valence-corrected chi connectivity index (χ1v) is 8.37. The zero-order chi connectivity index (χ0) is 15.4. The summed E-state index contributed by atoms with van der Waals surface area (Å²) in [6.45, 7) is 0.721. The summed E-state index contributed by atoms with van der Waals surface area (Å²) in [6, 6.07) is 19.3. The first-order chi connectivity index (χ1) is 10.7. The van der Waals surface area contributed by atoms with E-state index in [0.717, 1.165) is 23.9 Å². The predicted molar refractivity (Wildman–Crippen MR) is 110 cm³/mol. The van der Waals surface area contributed by atoms with E-state index in [4.69, 9.17) is 5.73 Å². The van der Waals surface area contributed by atoms with E-state index >= 15 is 0 Å². The molecule has 0 heterocycles. The van der Waals surface area contributed by atoms with Crippen molar-refractivity contribution in [3.05, 3.63) is 70.2 Å². The molecule has 0 saturated heterocycles. The first-order valence-electron chi connectivity index (χ1n) is 7.58. The van der Waals surface area contributed by atoms with E-state index in [1.165, 1.54) is 11.1 Å². The zero-order valence-corrected chi connectivity index (χ0v) is 16.7. The largest absolute Gasteiger partial charge is 0.370 e. The van der Waals surface area contributed by atoms with Crippen LogP contribution >= 0.6 is 39.9 Å². The molecule has 2 aromatic rings. The maximum atomic E-state index is 5.97. The van der Waals surface area contributed by atoms with E-state index in [1.807, 2.05) is 18.2 Å². The number of guanidine groups is 1. The van der Waals surface area contributed by atoms with Crippen LogP contribution in [0.5, 0.6) is 0 Å². The third-order valence-corrected chi connectivity index (χ3v) is 4.48. The Balaban J connectivity index is 0.00000192. The molecule has 1 aliphatic rings. The van der Waals surface area contributed by atoms with Gasteiger partial charge in [0.1, 0.15) is 0 Å². The highest BCUT2D eigenvalue weighted by Crippen LogP contribution is 2.40. The summed E-state index contributed by atoms with van der Waals surface area (Å²) < 4.78 is 1.11. The molecule has 0 radical (unpaired) electrons. The third-order valence-electron chi connectivity index (χ3n) is 3.95. The van der Waals surface area contributed by atoms with E-state index in [1.54, 1.807) is 0 Å². The van der Waals surface area contributed by atoms with Crippen LogP contribution in [0, 0.1) is 0 Å². The number of aliphatic imine (C=N–C) groups is 1. The van der Waals surface area contributed by atoms with Crippen LogP contribution in [0.3, 0.4) is 0 Å². The van der Waals surface area contributed by atoms with Crippen LogP contribution in [-0.4, -0.2) is 18.5 Å². The van der Waals surface area contributed by atoms with Crippen LogP contribution in [0.25, 0.3) is 0 Å². The highest BCUT2D eigenvalue weighted by molar-refractivity contribution is 14.0. The van der Waals surface area contributed by atoms with Crippen molar-refractivity contribution >= 4 is 45.9 Å². The van der Waals surface area contributed by atoms with Gasteiger partial charge in [0.15, 0.2) is 5.96 Å². The van der Waals surface area contributed by atoms with Crippen LogP contribution in [0.1, 0.15) is 23.5 Å². The Morgan fingerprint density at radius 2 is 1.83 bits per heavy atom. The summed E-state index contributed by atoms with van der Waals surface area (Å²) in [5.74, 6) is 1.11. The molecule has 2 aromatic carbocycles. The van der Waals surface area contributed by atoms with Gasteiger partial charge in [0.2, 0.25) is 0 Å². The Morgan fingerprint density at radius 1 is 1.13 bits per heavy atom. The van der Waals surface area contributed by atoms with Crippen molar-refractivity contribution in [2.24, 2.45) is 10.7 Å². The van der Waals surface area contributed by atoms with Gasteiger partial charge in [-0.15, -0.1) is 24.0 Å². The molecule has 3 N–H and O–H groups in total. The van der Waals surface area contributed by atoms with Crippen molar-refractivity contribution in [1.29, 1.82) is 0 Å². The third kappa shape index (κ3) is 5.49. The molecule has 3 nitrogen and oxygen atoms in total. The quantitative estimate of drug-likeness (QED) is 0.381. The fourth-order valence-electron chi connectivity index (χ4n) is 2.62. The van der Waals surface area contributed by atoms with Crippen molar-refractivity contribution in [3.8, 4) is 0 Å². The van der Waals surface area contributed by atoms with E-state index in [9.17, 15) is 0 Å². The number of rotatable bonds is 5. The van der Waals surface area contributed by atoms with Crippen molar-refractivity contribution in [2.75, 3.05) is 6.54 Å². The van der Waals surface area contributed by atoms with Crippen molar-refractivity contribution in [2.45, 2.75) is 24.8 Å². The maximum absolute atomic E-state index is 5.97. The fourth-order valence-corrected chi connectivity index (χ4v) is 2.88. The second-order valence-electron chi connectivity index (χ2n) is 5.65. The zero-order valence-electron chi connectivity index (χ0n) is 12.8. The molecule has 1 fully saturated rings. The van der Waals surface area contributed by atoms with Gasteiger partial charge in [0, 0.05) is 23.0 Å².